The highest BCUT2D eigenvalue weighted by Crippen LogP contribution is 2.30. The highest BCUT2D eigenvalue weighted by Gasteiger charge is 2.29. The topological polar surface area (TPSA) is 70.2 Å². The van der Waals surface area contributed by atoms with Gasteiger partial charge in [-0.15, -0.1) is 0 Å². The molecule has 0 aliphatic heterocycles. The molecule has 0 saturated heterocycles. The molecule has 1 aromatic carbocycles. The van der Waals surface area contributed by atoms with Crippen molar-refractivity contribution in [1.29, 1.82) is 0 Å². The first-order valence-electron chi connectivity index (χ1n) is 8.60. The molecule has 0 radical (unpaired) electrons. The molecule has 3 rings (SSSR count). The Hall–Kier alpha value is -2.04. The molecule has 3 N–H and O–H groups in total. The first kappa shape index (κ1) is 15.8. The van der Waals surface area contributed by atoms with Gasteiger partial charge in [-0.1, -0.05) is 25.8 Å². The molecule has 2 fully saturated rings. The first-order chi connectivity index (χ1) is 11.1. The Bertz CT molecular complexity index is 583. The largest absolute Gasteiger partial charge is 0.335 e. The second-order valence-corrected chi connectivity index (χ2v) is 6.81. The minimum Gasteiger partial charge on any atom is -0.335 e. The van der Waals surface area contributed by atoms with Gasteiger partial charge in [-0.25, -0.2) is 4.79 Å². The maximum absolute atomic E-state index is 12.2. The molecule has 1 aromatic rings. The zero-order chi connectivity index (χ0) is 16.2. The van der Waals surface area contributed by atoms with Crippen molar-refractivity contribution in [3.8, 4) is 0 Å². The lowest BCUT2D eigenvalue weighted by molar-refractivity contribution is -0.117. The summed E-state index contributed by atoms with van der Waals surface area (Å²) in [6, 6.07) is 7.38. The maximum atomic E-state index is 12.2. The zero-order valence-corrected chi connectivity index (χ0v) is 13.6. The second kappa shape index (κ2) is 7.02. The van der Waals surface area contributed by atoms with Crippen LogP contribution in [0.3, 0.4) is 0 Å². The molecule has 0 heterocycles. The van der Waals surface area contributed by atoms with Crippen LogP contribution in [-0.4, -0.2) is 18.0 Å². The average molecular weight is 315 g/mol. The van der Waals surface area contributed by atoms with Crippen LogP contribution in [0.4, 0.5) is 16.2 Å². The van der Waals surface area contributed by atoms with Gasteiger partial charge in [-0.2, -0.15) is 0 Å². The maximum Gasteiger partial charge on any atom is 0.319 e. The summed E-state index contributed by atoms with van der Waals surface area (Å²) in [5.74, 6) is 0.768. The number of urea groups is 1. The lowest BCUT2D eigenvalue weighted by atomic mass is 9.86. The van der Waals surface area contributed by atoms with E-state index >= 15 is 0 Å². The number of carbonyl (C=O) groups is 2. The van der Waals surface area contributed by atoms with Crippen molar-refractivity contribution < 1.29 is 9.59 Å². The third-order valence-corrected chi connectivity index (χ3v) is 4.76. The van der Waals surface area contributed by atoms with Gasteiger partial charge in [0.2, 0.25) is 5.91 Å². The molecular formula is C18H25N3O2. The van der Waals surface area contributed by atoms with Gasteiger partial charge < -0.3 is 16.0 Å². The minimum absolute atomic E-state index is 0.0719. The summed E-state index contributed by atoms with van der Waals surface area (Å²) in [4.78, 5) is 24.0. The zero-order valence-electron chi connectivity index (χ0n) is 13.6. The van der Waals surface area contributed by atoms with Crippen LogP contribution in [-0.2, 0) is 4.79 Å². The number of rotatable bonds is 4. The number of hydrogen-bond donors (Lipinski definition) is 3. The molecule has 23 heavy (non-hydrogen) atoms. The summed E-state index contributed by atoms with van der Waals surface area (Å²) in [6.07, 6.45) is 6.61. The van der Waals surface area contributed by atoms with E-state index in [2.05, 4.69) is 22.9 Å². The van der Waals surface area contributed by atoms with Gasteiger partial charge in [-0.3, -0.25) is 4.79 Å². The molecule has 2 aliphatic carbocycles. The van der Waals surface area contributed by atoms with Gasteiger partial charge in [0.1, 0.15) is 0 Å². The van der Waals surface area contributed by atoms with E-state index in [-0.39, 0.29) is 23.9 Å². The van der Waals surface area contributed by atoms with Gasteiger partial charge in [0, 0.05) is 23.3 Å². The monoisotopic (exact) mass is 315 g/mol. The molecular weight excluding hydrogens is 290 g/mol. The standard InChI is InChI=1S/C18H25N3O2/c1-12-5-2-3-8-16(12)21-18(23)20-15-7-4-6-14(11-15)19-17(22)13-9-10-13/h4,6-7,11-13,16H,2-3,5,8-10H2,1H3,(H,19,22)(H2,20,21,23)/t12-,16+/m0/s1. The van der Waals surface area contributed by atoms with Crippen molar-refractivity contribution in [3.63, 3.8) is 0 Å². The number of anilines is 2. The van der Waals surface area contributed by atoms with Crippen LogP contribution in [0.15, 0.2) is 24.3 Å². The summed E-state index contributed by atoms with van der Waals surface area (Å²) >= 11 is 0. The Morgan fingerprint density at radius 2 is 1.70 bits per heavy atom. The third-order valence-electron chi connectivity index (χ3n) is 4.76. The fraction of sp³-hybridized carbons (Fsp3) is 0.556. The molecule has 2 atom stereocenters. The quantitative estimate of drug-likeness (QED) is 0.792. The fourth-order valence-electron chi connectivity index (χ4n) is 3.13. The highest BCUT2D eigenvalue weighted by molar-refractivity contribution is 5.95. The van der Waals surface area contributed by atoms with E-state index in [1.807, 2.05) is 18.2 Å². The Labute approximate surface area is 137 Å². The lowest BCUT2D eigenvalue weighted by Crippen LogP contribution is -2.43. The summed E-state index contributed by atoms with van der Waals surface area (Å²) in [5.41, 5.74) is 1.42. The van der Waals surface area contributed by atoms with Crippen molar-refractivity contribution in [1.82, 2.24) is 5.32 Å². The van der Waals surface area contributed by atoms with Crippen LogP contribution in [0.1, 0.15) is 45.4 Å². The Morgan fingerprint density at radius 3 is 2.39 bits per heavy atom. The molecule has 5 nitrogen and oxygen atoms in total. The van der Waals surface area contributed by atoms with Crippen LogP contribution in [0.25, 0.3) is 0 Å². The summed E-state index contributed by atoms with van der Waals surface area (Å²) in [5, 5.41) is 8.83. The molecule has 5 heteroatoms. The van der Waals surface area contributed by atoms with E-state index in [1.165, 1.54) is 19.3 Å². The van der Waals surface area contributed by atoms with E-state index < -0.39 is 0 Å². The first-order valence-corrected chi connectivity index (χ1v) is 8.60. The Kier molecular flexibility index (Phi) is 4.84. The van der Waals surface area contributed by atoms with Crippen LogP contribution in [0.2, 0.25) is 0 Å². The molecule has 0 spiro atoms. The molecule has 0 unspecified atom stereocenters. The molecule has 0 aromatic heterocycles. The van der Waals surface area contributed by atoms with Gasteiger partial charge in [0.25, 0.3) is 0 Å². The fourth-order valence-corrected chi connectivity index (χ4v) is 3.13. The number of nitrogens with one attached hydrogen (secondary N) is 3. The predicted octanol–water partition coefficient (Wildman–Crippen LogP) is 3.74. The van der Waals surface area contributed by atoms with Crippen molar-refractivity contribution in [3.05, 3.63) is 24.3 Å². The van der Waals surface area contributed by atoms with E-state index in [1.54, 1.807) is 6.07 Å². The number of benzene rings is 1. The number of carbonyl (C=O) groups excluding carboxylic acids is 2. The average Bonchev–Trinajstić information content (AvgIpc) is 3.35. The Morgan fingerprint density at radius 1 is 1.00 bits per heavy atom. The lowest BCUT2D eigenvalue weighted by Gasteiger charge is -2.29. The molecule has 3 amide bonds. The molecule has 0 bridgehead atoms. The van der Waals surface area contributed by atoms with Crippen molar-refractivity contribution in [2.45, 2.75) is 51.5 Å². The highest BCUT2D eigenvalue weighted by atomic mass is 16.2. The smallest absolute Gasteiger partial charge is 0.319 e. The van der Waals surface area contributed by atoms with Crippen LogP contribution in [0, 0.1) is 11.8 Å². The van der Waals surface area contributed by atoms with Gasteiger partial charge in [0.15, 0.2) is 0 Å². The van der Waals surface area contributed by atoms with E-state index in [0.29, 0.717) is 11.6 Å². The summed E-state index contributed by atoms with van der Waals surface area (Å²) in [7, 11) is 0. The molecule has 124 valence electrons. The van der Waals surface area contributed by atoms with E-state index in [4.69, 9.17) is 0 Å². The number of hydrogen-bond acceptors (Lipinski definition) is 2. The Balaban J connectivity index is 1.54. The second-order valence-electron chi connectivity index (χ2n) is 6.81. The van der Waals surface area contributed by atoms with Gasteiger partial charge in [0.05, 0.1) is 0 Å². The normalized spacial score (nSPS) is 23.9. The number of amides is 3. The van der Waals surface area contributed by atoms with E-state index in [9.17, 15) is 9.59 Å². The van der Waals surface area contributed by atoms with Crippen molar-refractivity contribution in [2.75, 3.05) is 10.6 Å². The van der Waals surface area contributed by atoms with Crippen molar-refractivity contribution in [2.24, 2.45) is 11.8 Å². The van der Waals surface area contributed by atoms with Crippen molar-refractivity contribution >= 4 is 23.3 Å². The molecule has 2 aliphatic rings. The third kappa shape index (κ3) is 4.47. The van der Waals surface area contributed by atoms with Gasteiger partial charge in [-0.05, 0) is 49.8 Å². The summed E-state index contributed by atoms with van der Waals surface area (Å²) in [6.45, 7) is 2.19. The van der Waals surface area contributed by atoms with Crippen LogP contribution >= 0.6 is 0 Å². The molecule has 2 saturated carbocycles. The predicted molar refractivity (Wildman–Crippen MR) is 91.4 cm³/mol. The van der Waals surface area contributed by atoms with Gasteiger partial charge >= 0.3 is 6.03 Å². The summed E-state index contributed by atoms with van der Waals surface area (Å²) < 4.78 is 0. The van der Waals surface area contributed by atoms with Crippen LogP contribution in [0.5, 0.6) is 0 Å². The van der Waals surface area contributed by atoms with Crippen LogP contribution < -0.4 is 16.0 Å². The van der Waals surface area contributed by atoms with E-state index in [0.717, 1.165) is 24.9 Å². The SMILES string of the molecule is C[C@H]1CCCC[C@H]1NC(=O)Nc1cccc(NC(=O)C2CC2)c1. The minimum atomic E-state index is -0.172.